The molecule has 0 saturated heterocycles. The number of aryl methyl sites for hydroxylation is 2. The lowest BCUT2D eigenvalue weighted by atomic mass is 9.95. The van der Waals surface area contributed by atoms with E-state index in [-0.39, 0.29) is 11.5 Å². The van der Waals surface area contributed by atoms with Gasteiger partial charge >= 0.3 is 0 Å². The van der Waals surface area contributed by atoms with E-state index in [0.29, 0.717) is 6.04 Å². The van der Waals surface area contributed by atoms with Gasteiger partial charge in [0.1, 0.15) is 5.01 Å². The average molecular weight is 321 g/mol. The lowest BCUT2D eigenvalue weighted by Crippen LogP contribution is -2.23. The van der Waals surface area contributed by atoms with Gasteiger partial charge in [-0.2, -0.15) is 0 Å². The van der Waals surface area contributed by atoms with Gasteiger partial charge in [0.25, 0.3) is 0 Å². The molecule has 0 radical (unpaired) electrons. The van der Waals surface area contributed by atoms with Crippen LogP contribution in [0.3, 0.4) is 0 Å². The monoisotopic (exact) mass is 320 g/mol. The first-order valence-corrected chi connectivity index (χ1v) is 9.28. The maximum absolute atomic E-state index is 4.80. The highest BCUT2D eigenvalue weighted by Crippen LogP contribution is 2.38. The van der Waals surface area contributed by atoms with E-state index < -0.39 is 0 Å². The van der Waals surface area contributed by atoms with Crippen LogP contribution in [-0.2, 0) is 5.41 Å². The van der Waals surface area contributed by atoms with Crippen molar-refractivity contribution in [3.8, 4) is 0 Å². The van der Waals surface area contributed by atoms with Gasteiger partial charge in [0.05, 0.1) is 11.7 Å². The second-order valence-electron chi connectivity index (χ2n) is 7.02. The molecular weight excluding hydrogens is 296 g/mol. The van der Waals surface area contributed by atoms with Crippen molar-refractivity contribution in [2.45, 2.75) is 65.0 Å². The van der Waals surface area contributed by atoms with Crippen LogP contribution in [0.15, 0.2) is 12.1 Å². The summed E-state index contributed by atoms with van der Waals surface area (Å²) in [5, 5.41) is 5.01. The molecule has 1 N–H and O–H groups in total. The van der Waals surface area contributed by atoms with E-state index in [9.17, 15) is 0 Å². The predicted molar refractivity (Wildman–Crippen MR) is 92.6 cm³/mol. The van der Waals surface area contributed by atoms with Gasteiger partial charge in [-0.1, -0.05) is 20.8 Å². The first kappa shape index (κ1) is 15.2. The van der Waals surface area contributed by atoms with Crippen molar-refractivity contribution < 1.29 is 0 Å². The number of thiophene rings is 1. The molecule has 1 fully saturated rings. The number of hydrogen-bond acceptors (Lipinski definition) is 4. The lowest BCUT2D eigenvalue weighted by molar-refractivity contribution is 0.603. The zero-order valence-corrected chi connectivity index (χ0v) is 15.1. The van der Waals surface area contributed by atoms with Crippen LogP contribution in [-0.4, -0.2) is 11.0 Å². The molecule has 2 nitrogen and oxygen atoms in total. The molecule has 21 heavy (non-hydrogen) atoms. The summed E-state index contributed by atoms with van der Waals surface area (Å²) in [6.45, 7) is 11.1. The molecule has 114 valence electrons. The number of nitrogens with one attached hydrogen (secondary N) is 1. The summed E-state index contributed by atoms with van der Waals surface area (Å²) in [6, 6.07) is 5.53. The number of rotatable bonds is 4. The Balaban J connectivity index is 1.93. The second-order valence-corrected chi connectivity index (χ2v) is 9.37. The molecule has 0 bridgehead atoms. The third-order valence-corrected chi connectivity index (χ3v) is 6.64. The standard InChI is InChI=1S/C17H24N2S2/c1-10-11(2)20-16(18-10)15(19-12-6-7-12)13-8-9-14(21-13)17(3,4)5/h8-9,12,15,19H,6-7H2,1-5H3. The Morgan fingerprint density at radius 1 is 1.19 bits per heavy atom. The van der Waals surface area contributed by atoms with Gasteiger partial charge in [-0.25, -0.2) is 4.98 Å². The van der Waals surface area contributed by atoms with Crippen LogP contribution >= 0.6 is 22.7 Å². The van der Waals surface area contributed by atoms with Crippen molar-refractivity contribution in [2.24, 2.45) is 0 Å². The summed E-state index contributed by atoms with van der Waals surface area (Å²) in [5.74, 6) is 0. The molecule has 2 aromatic rings. The zero-order valence-electron chi connectivity index (χ0n) is 13.5. The quantitative estimate of drug-likeness (QED) is 0.861. The fourth-order valence-electron chi connectivity index (χ4n) is 2.29. The Morgan fingerprint density at radius 2 is 1.90 bits per heavy atom. The van der Waals surface area contributed by atoms with E-state index in [4.69, 9.17) is 4.98 Å². The number of nitrogens with zero attached hydrogens (tertiary/aromatic N) is 1. The van der Waals surface area contributed by atoms with Crippen LogP contribution in [0.1, 0.15) is 65.0 Å². The normalized spacial score (nSPS) is 17.2. The number of aromatic nitrogens is 1. The van der Waals surface area contributed by atoms with Crippen molar-refractivity contribution in [3.63, 3.8) is 0 Å². The summed E-state index contributed by atoms with van der Waals surface area (Å²) in [6.07, 6.45) is 2.61. The van der Waals surface area contributed by atoms with Crippen molar-refractivity contribution in [1.29, 1.82) is 0 Å². The van der Waals surface area contributed by atoms with Crippen molar-refractivity contribution in [1.82, 2.24) is 10.3 Å². The maximum Gasteiger partial charge on any atom is 0.115 e. The molecule has 1 aliphatic rings. The average Bonchev–Trinajstić information content (AvgIpc) is 2.95. The number of thiazole rings is 1. The van der Waals surface area contributed by atoms with Gasteiger partial charge in [0, 0.05) is 20.7 Å². The van der Waals surface area contributed by atoms with E-state index >= 15 is 0 Å². The van der Waals surface area contributed by atoms with Crippen molar-refractivity contribution in [2.75, 3.05) is 0 Å². The molecule has 1 saturated carbocycles. The SMILES string of the molecule is Cc1nc(C(NC2CC2)c2ccc(C(C)(C)C)s2)sc1C. The molecule has 2 aromatic heterocycles. The fourth-order valence-corrected chi connectivity index (χ4v) is 4.50. The fraction of sp³-hybridized carbons (Fsp3) is 0.588. The van der Waals surface area contributed by atoms with E-state index in [0.717, 1.165) is 0 Å². The summed E-state index contributed by atoms with van der Waals surface area (Å²) in [5.41, 5.74) is 1.40. The Hall–Kier alpha value is -0.710. The molecule has 0 aliphatic heterocycles. The lowest BCUT2D eigenvalue weighted by Gasteiger charge is -2.17. The van der Waals surface area contributed by atoms with E-state index in [1.807, 2.05) is 22.7 Å². The number of hydrogen-bond donors (Lipinski definition) is 1. The van der Waals surface area contributed by atoms with Crippen LogP contribution in [0.25, 0.3) is 0 Å². The molecule has 2 heterocycles. The molecule has 1 aliphatic carbocycles. The van der Waals surface area contributed by atoms with E-state index in [1.165, 1.54) is 38.2 Å². The van der Waals surface area contributed by atoms with Crippen LogP contribution in [0.4, 0.5) is 0 Å². The second kappa shape index (κ2) is 5.49. The highest BCUT2D eigenvalue weighted by Gasteiger charge is 2.30. The highest BCUT2D eigenvalue weighted by molar-refractivity contribution is 7.13. The molecule has 0 aromatic carbocycles. The third kappa shape index (κ3) is 3.38. The molecule has 4 heteroatoms. The summed E-state index contributed by atoms with van der Waals surface area (Å²) in [4.78, 5) is 8.99. The van der Waals surface area contributed by atoms with Gasteiger partial charge < -0.3 is 5.32 Å². The summed E-state index contributed by atoms with van der Waals surface area (Å²) < 4.78 is 0. The Bertz CT molecular complexity index is 610. The Labute approximate surface area is 135 Å². The largest absolute Gasteiger partial charge is 0.301 e. The topological polar surface area (TPSA) is 24.9 Å². The van der Waals surface area contributed by atoms with E-state index in [1.54, 1.807) is 0 Å². The first-order chi connectivity index (χ1) is 9.84. The van der Waals surface area contributed by atoms with Gasteiger partial charge in [-0.05, 0) is 44.2 Å². The third-order valence-electron chi connectivity index (χ3n) is 3.92. The molecule has 3 rings (SSSR count). The van der Waals surface area contributed by atoms with Gasteiger partial charge in [-0.3, -0.25) is 0 Å². The minimum absolute atomic E-state index is 0.224. The van der Waals surface area contributed by atoms with Gasteiger partial charge in [0.2, 0.25) is 0 Å². The van der Waals surface area contributed by atoms with Gasteiger partial charge in [-0.15, -0.1) is 22.7 Å². The Kier molecular flexibility index (Phi) is 3.97. The van der Waals surface area contributed by atoms with Crippen molar-refractivity contribution in [3.05, 3.63) is 37.5 Å². The molecule has 0 amide bonds. The highest BCUT2D eigenvalue weighted by atomic mass is 32.1. The van der Waals surface area contributed by atoms with Crippen LogP contribution in [0, 0.1) is 13.8 Å². The first-order valence-electron chi connectivity index (χ1n) is 7.65. The molecule has 1 unspecified atom stereocenters. The smallest absolute Gasteiger partial charge is 0.115 e. The van der Waals surface area contributed by atoms with Crippen molar-refractivity contribution >= 4 is 22.7 Å². The van der Waals surface area contributed by atoms with E-state index in [2.05, 4.69) is 52.1 Å². The minimum atomic E-state index is 0.224. The summed E-state index contributed by atoms with van der Waals surface area (Å²) in [7, 11) is 0. The van der Waals surface area contributed by atoms with Crippen LogP contribution in [0.2, 0.25) is 0 Å². The zero-order chi connectivity index (χ0) is 15.2. The Morgan fingerprint density at radius 3 is 2.38 bits per heavy atom. The van der Waals surface area contributed by atoms with Gasteiger partial charge in [0.15, 0.2) is 0 Å². The predicted octanol–water partition coefficient (Wildman–Crippen LogP) is 4.96. The van der Waals surface area contributed by atoms with Crippen LogP contribution in [0.5, 0.6) is 0 Å². The molecule has 0 spiro atoms. The maximum atomic E-state index is 4.80. The molecule has 1 atom stereocenters. The molecular formula is C17H24N2S2. The minimum Gasteiger partial charge on any atom is -0.301 e. The summed E-state index contributed by atoms with van der Waals surface area (Å²) >= 11 is 3.77. The van der Waals surface area contributed by atoms with Crippen LogP contribution < -0.4 is 5.32 Å².